The van der Waals surface area contributed by atoms with Crippen LogP contribution in [0.5, 0.6) is 0 Å². The standard InChI is InChI=1S/C71H114O5/c1-3-5-7-9-11-13-15-17-19-21-23-25-27-29-31-33-34-35-36-38-39-41-43-45-47-49-51-53-55-57-59-61-63-65-70(73)75-68-69(67-72)76-71(74)66-64-62-60-58-56-54-52-50-48-46-44-42-40-37-32-30-28-26-24-22-20-18-16-14-12-10-8-6-4-2/h5-8,11-14,17-20,23-26,29-32,40,42,46,48,52,54,69,72H,3-4,9-10,15-16,21-22,27-28,33-39,41,43-45,47,49-51,53,55-68H2,1-2H3/b7-5-,8-6-,13-11-,14-12-,19-17-,20-18-,25-23-,26-24-,31-29-,32-30-,42-40-,48-46-,54-52-. The second kappa shape index (κ2) is 64.8. The molecule has 0 heterocycles. The lowest BCUT2D eigenvalue weighted by Crippen LogP contribution is -2.28. The maximum absolute atomic E-state index is 12.3. The van der Waals surface area contributed by atoms with Gasteiger partial charge in [0.2, 0.25) is 0 Å². The van der Waals surface area contributed by atoms with Crippen LogP contribution < -0.4 is 0 Å². The Hall–Kier alpha value is -4.48. The maximum atomic E-state index is 12.3. The van der Waals surface area contributed by atoms with Crippen LogP contribution in [0.25, 0.3) is 0 Å². The lowest BCUT2D eigenvalue weighted by Gasteiger charge is -2.15. The summed E-state index contributed by atoms with van der Waals surface area (Å²) in [5.41, 5.74) is 0. The second-order valence-corrected chi connectivity index (χ2v) is 20.0. The summed E-state index contributed by atoms with van der Waals surface area (Å²) in [7, 11) is 0. The number of unbranched alkanes of at least 4 members (excludes halogenated alkanes) is 21. The van der Waals surface area contributed by atoms with Gasteiger partial charge >= 0.3 is 11.9 Å². The Morgan fingerprint density at radius 1 is 0.303 bits per heavy atom. The number of hydrogen-bond donors (Lipinski definition) is 1. The molecule has 0 aliphatic heterocycles. The third-order valence-electron chi connectivity index (χ3n) is 12.8. The highest BCUT2D eigenvalue weighted by atomic mass is 16.6. The number of esters is 2. The van der Waals surface area contributed by atoms with Gasteiger partial charge < -0.3 is 14.6 Å². The molecule has 0 saturated carbocycles. The molecular weight excluding hydrogens is 933 g/mol. The third kappa shape index (κ3) is 62.1. The molecule has 428 valence electrons. The summed E-state index contributed by atoms with van der Waals surface area (Å²) in [6.07, 6.45) is 99.4. The first-order valence-corrected chi connectivity index (χ1v) is 31.0. The summed E-state index contributed by atoms with van der Waals surface area (Å²) in [4.78, 5) is 24.6. The smallest absolute Gasteiger partial charge is 0.306 e. The summed E-state index contributed by atoms with van der Waals surface area (Å²) >= 11 is 0. The van der Waals surface area contributed by atoms with Gasteiger partial charge in [0.15, 0.2) is 6.10 Å². The first-order valence-electron chi connectivity index (χ1n) is 31.0. The second-order valence-electron chi connectivity index (χ2n) is 20.0. The van der Waals surface area contributed by atoms with E-state index < -0.39 is 6.10 Å². The molecule has 0 amide bonds. The van der Waals surface area contributed by atoms with Gasteiger partial charge in [-0.15, -0.1) is 0 Å². The van der Waals surface area contributed by atoms with Crippen molar-refractivity contribution in [3.63, 3.8) is 0 Å². The molecule has 5 nitrogen and oxygen atoms in total. The van der Waals surface area contributed by atoms with Crippen LogP contribution in [-0.2, 0) is 19.1 Å². The van der Waals surface area contributed by atoms with Crippen LogP contribution in [-0.4, -0.2) is 36.4 Å². The van der Waals surface area contributed by atoms with Gasteiger partial charge in [-0.2, -0.15) is 0 Å². The Bertz CT molecular complexity index is 1660. The molecule has 0 rings (SSSR count). The molecule has 0 aromatic carbocycles. The lowest BCUT2D eigenvalue weighted by molar-refractivity contribution is -0.161. The fraction of sp³-hybridized carbons (Fsp3) is 0.606. The minimum Gasteiger partial charge on any atom is -0.462 e. The molecule has 1 N–H and O–H groups in total. The molecule has 0 fully saturated rings. The zero-order chi connectivity index (χ0) is 54.8. The van der Waals surface area contributed by atoms with E-state index in [4.69, 9.17) is 9.47 Å². The molecule has 5 heteroatoms. The number of ether oxygens (including phenoxy) is 2. The molecule has 0 aliphatic carbocycles. The average Bonchev–Trinajstić information content (AvgIpc) is 3.42. The first kappa shape index (κ1) is 71.5. The van der Waals surface area contributed by atoms with Crippen LogP contribution in [0.15, 0.2) is 158 Å². The zero-order valence-electron chi connectivity index (χ0n) is 49.0. The largest absolute Gasteiger partial charge is 0.462 e. The Morgan fingerprint density at radius 2 is 0.526 bits per heavy atom. The highest BCUT2D eigenvalue weighted by molar-refractivity contribution is 5.70. The lowest BCUT2D eigenvalue weighted by atomic mass is 10.0. The normalized spacial score (nSPS) is 13.4. The van der Waals surface area contributed by atoms with Gasteiger partial charge in [-0.1, -0.05) is 281 Å². The van der Waals surface area contributed by atoms with E-state index in [0.717, 1.165) is 135 Å². The van der Waals surface area contributed by atoms with Crippen LogP contribution in [0.2, 0.25) is 0 Å². The minimum atomic E-state index is -0.798. The van der Waals surface area contributed by atoms with Gasteiger partial charge in [0.05, 0.1) is 6.61 Å². The number of carbonyl (C=O) groups excluding carboxylic acids is 2. The molecule has 0 aromatic rings. The first-order chi connectivity index (χ1) is 37.6. The Balaban J connectivity index is 3.57. The third-order valence-corrected chi connectivity index (χ3v) is 12.8. The summed E-state index contributed by atoms with van der Waals surface area (Å²) in [6, 6.07) is 0. The summed E-state index contributed by atoms with van der Waals surface area (Å²) in [6.45, 7) is 3.89. The molecule has 0 radical (unpaired) electrons. The molecule has 0 aliphatic rings. The van der Waals surface area contributed by atoms with E-state index in [-0.39, 0.29) is 25.2 Å². The van der Waals surface area contributed by atoms with Gasteiger partial charge in [0.1, 0.15) is 6.61 Å². The SMILES string of the molecule is CC/C=C\C/C=C\C/C=C\C/C=C\C/C=C\C/C=C\C/C=C\C/C=C\CCCCCCC(=O)OC(CO)COC(=O)CCCCCCCCCCCCCCCCCCC/C=C\C/C=C\C/C=C\C/C=C\C/C=C\CC. The number of allylic oxidation sites excluding steroid dienone is 26. The van der Waals surface area contributed by atoms with Crippen LogP contribution >= 0.6 is 0 Å². The number of aliphatic hydroxyl groups is 1. The summed E-state index contributed by atoms with van der Waals surface area (Å²) < 4.78 is 10.7. The number of aliphatic hydroxyl groups excluding tert-OH is 1. The molecule has 76 heavy (non-hydrogen) atoms. The summed E-state index contributed by atoms with van der Waals surface area (Å²) in [5.74, 6) is -0.625. The van der Waals surface area contributed by atoms with Crippen LogP contribution in [0, 0.1) is 0 Å². The van der Waals surface area contributed by atoms with Gasteiger partial charge in [-0.25, -0.2) is 0 Å². The molecule has 0 saturated heterocycles. The van der Waals surface area contributed by atoms with Crippen LogP contribution in [0.3, 0.4) is 0 Å². The Kier molecular flexibility index (Phi) is 61.0. The molecular formula is C71H114O5. The molecule has 1 atom stereocenters. The maximum Gasteiger partial charge on any atom is 0.306 e. The van der Waals surface area contributed by atoms with E-state index in [9.17, 15) is 14.7 Å². The molecule has 0 bridgehead atoms. The van der Waals surface area contributed by atoms with Gasteiger partial charge in [-0.3, -0.25) is 9.59 Å². The van der Waals surface area contributed by atoms with E-state index in [1.807, 2.05) is 0 Å². The van der Waals surface area contributed by atoms with Crippen molar-refractivity contribution in [1.29, 1.82) is 0 Å². The van der Waals surface area contributed by atoms with Crippen molar-refractivity contribution >= 4 is 11.9 Å². The zero-order valence-corrected chi connectivity index (χ0v) is 49.0. The highest BCUT2D eigenvalue weighted by Gasteiger charge is 2.16. The van der Waals surface area contributed by atoms with Crippen molar-refractivity contribution in [2.45, 2.75) is 264 Å². The van der Waals surface area contributed by atoms with E-state index in [0.29, 0.717) is 12.8 Å². The molecule has 0 spiro atoms. The monoisotopic (exact) mass is 1050 g/mol. The predicted molar refractivity (Wildman–Crippen MR) is 334 cm³/mol. The van der Waals surface area contributed by atoms with Crippen molar-refractivity contribution in [2.24, 2.45) is 0 Å². The van der Waals surface area contributed by atoms with Crippen LogP contribution in [0.1, 0.15) is 258 Å². The topological polar surface area (TPSA) is 72.8 Å². The number of hydrogen-bond acceptors (Lipinski definition) is 5. The molecule has 0 aromatic heterocycles. The van der Waals surface area contributed by atoms with Crippen LogP contribution in [0.4, 0.5) is 0 Å². The average molecular weight is 1050 g/mol. The van der Waals surface area contributed by atoms with Crippen molar-refractivity contribution < 1.29 is 24.2 Å². The predicted octanol–water partition coefficient (Wildman–Crippen LogP) is 21.5. The fourth-order valence-corrected chi connectivity index (χ4v) is 8.25. The number of carbonyl (C=O) groups is 2. The minimum absolute atomic E-state index is 0.0847. The van der Waals surface area contributed by atoms with Crippen molar-refractivity contribution in [1.82, 2.24) is 0 Å². The Morgan fingerprint density at radius 3 is 0.789 bits per heavy atom. The van der Waals surface area contributed by atoms with Crippen molar-refractivity contribution in [3.05, 3.63) is 158 Å². The summed E-state index contributed by atoms with van der Waals surface area (Å²) in [5, 5.41) is 9.68. The molecule has 1 unspecified atom stereocenters. The van der Waals surface area contributed by atoms with Gasteiger partial charge in [0.25, 0.3) is 0 Å². The van der Waals surface area contributed by atoms with E-state index >= 15 is 0 Å². The quantitative estimate of drug-likeness (QED) is 0.0373. The highest BCUT2D eigenvalue weighted by Crippen LogP contribution is 2.16. The van der Waals surface area contributed by atoms with E-state index in [2.05, 4.69) is 172 Å². The van der Waals surface area contributed by atoms with Gasteiger partial charge in [-0.05, 0) is 122 Å². The number of rotatable bonds is 55. The van der Waals surface area contributed by atoms with E-state index in [1.54, 1.807) is 0 Å². The Labute approximate surface area is 469 Å². The fourth-order valence-electron chi connectivity index (χ4n) is 8.25. The van der Waals surface area contributed by atoms with Gasteiger partial charge in [0, 0.05) is 12.8 Å². The van der Waals surface area contributed by atoms with Crippen molar-refractivity contribution in [3.8, 4) is 0 Å². The van der Waals surface area contributed by atoms with E-state index in [1.165, 1.54) is 96.3 Å². The van der Waals surface area contributed by atoms with Crippen molar-refractivity contribution in [2.75, 3.05) is 13.2 Å².